The summed E-state index contributed by atoms with van der Waals surface area (Å²) >= 11 is 0. The molecule has 1 unspecified atom stereocenters. The first kappa shape index (κ1) is 18.1. The van der Waals surface area contributed by atoms with Crippen molar-refractivity contribution in [2.24, 2.45) is 5.92 Å². The molecule has 0 radical (unpaired) electrons. The van der Waals surface area contributed by atoms with E-state index >= 15 is 0 Å². The van der Waals surface area contributed by atoms with E-state index in [-0.39, 0.29) is 23.6 Å². The second-order valence-electron chi connectivity index (χ2n) is 9.06. The normalized spacial score (nSPS) is 33.0. The molecule has 1 N–H and O–H groups in total. The van der Waals surface area contributed by atoms with Crippen LogP contribution in [0.3, 0.4) is 0 Å². The van der Waals surface area contributed by atoms with E-state index in [2.05, 4.69) is 15.4 Å². The number of nitrogens with one attached hydrogen (secondary N) is 1. The molecule has 2 bridgehead atoms. The van der Waals surface area contributed by atoms with Gasteiger partial charge in [0.25, 0.3) is 5.91 Å². The molecule has 1 aromatic rings. The van der Waals surface area contributed by atoms with Crippen molar-refractivity contribution in [2.75, 3.05) is 19.7 Å². The number of nitrogens with zero attached hydrogens (tertiary/aromatic N) is 4. The van der Waals surface area contributed by atoms with Crippen molar-refractivity contribution in [3.63, 3.8) is 0 Å². The summed E-state index contributed by atoms with van der Waals surface area (Å²) in [5.41, 5.74) is 0.0847. The molecule has 1 aliphatic carbocycles. The Morgan fingerprint density at radius 3 is 2.61 bits per heavy atom. The van der Waals surface area contributed by atoms with Crippen LogP contribution in [-0.2, 0) is 9.53 Å². The van der Waals surface area contributed by atoms with Crippen LogP contribution in [0.2, 0.25) is 0 Å². The van der Waals surface area contributed by atoms with Gasteiger partial charge < -0.3 is 14.5 Å². The monoisotopic (exact) mass is 387 g/mol. The molecule has 2 amide bonds. The average molecular weight is 387 g/mol. The first-order valence-electron chi connectivity index (χ1n) is 10.7. The Kier molecular flexibility index (Phi) is 4.61. The SMILES string of the molecule is O=C(CC1CCCC1)N1CCOC2(C[C@H]3CC[C@@H](C2)N3C(=O)c2cn[nH]n2)C1. The number of carbonyl (C=O) groups excluding carboxylic acids is 2. The summed E-state index contributed by atoms with van der Waals surface area (Å²) in [5.74, 6) is 0.827. The Morgan fingerprint density at radius 2 is 1.93 bits per heavy atom. The maximum Gasteiger partial charge on any atom is 0.276 e. The third-order valence-corrected chi connectivity index (χ3v) is 7.24. The lowest BCUT2D eigenvalue weighted by molar-refractivity contribution is -0.164. The van der Waals surface area contributed by atoms with Gasteiger partial charge in [-0.3, -0.25) is 9.59 Å². The topological polar surface area (TPSA) is 91.4 Å². The van der Waals surface area contributed by atoms with Gasteiger partial charge in [0.2, 0.25) is 5.91 Å². The summed E-state index contributed by atoms with van der Waals surface area (Å²) in [4.78, 5) is 29.8. The molecule has 1 spiro atoms. The Hall–Kier alpha value is -1.96. The third-order valence-electron chi connectivity index (χ3n) is 7.24. The van der Waals surface area contributed by atoms with Crippen LogP contribution in [0.1, 0.15) is 68.3 Å². The van der Waals surface area contributed by atoms with E-state index < -0.39 is 0 Å². The molecule has 28 heavy (non-hydrogen) atoms. The van der Waals surface area contributed by atoms with Gasteiger partial charge in [-0.05, 0) is 44.4 Å². The quantitative estimate of drug-likeness (QED) is 0.853. The maximum atomic E-state index is 12.9. The summed E-state index contributed by atoms with van der Waals surface area (Å²) in [6, 6.07) is 0.320. The van der Waals surface area contributed by atoms with Crippen LogP contribution in [0.4, 0.5) is 0 Å². The predicted molar refractivity (Wildman–Crippen MR) is 100 cm³/mol. The van der Waals surface area contributed by atoms with Crippen molar-refractivity contribution in [2.45, 2.75) is 75.5 Å². The minimum absolute atomic E-state index is 0.0407. The lowest BCUT2D eigenvalue weighted by Crippen LogP contribution is -2.61. The molecule has 5 rings (SSSR count). The number of carbonyl (C=O) groups is 2. The molecule has 3 saturated heterocycles. The molecule has 8 nitrogen and oxygen atoms in total. The lowest BCUT2D eigenvalue weighted by Gasteiger charge is -2.50. The van der Waals surface area contributed by atoms with E-state index in [4.69, 9.17) is 4.74 Å². The van der Waals surface area contributed by atoms with Crippen LogP contribution < -0.4 is 0 Å². The maximum absolute atomic E-state index is 12.9. The van der Waals surface area contributed by atoms with Gasteiger partial charge in [0, 0.05) is 31.6 Å². The van der Waals surface area contributed by atoms with Crippen LogP contribution in [0, 0.1) is 5.92 Å². The number of fused-ring (bicyclic) bond motifs is 2. The molecule has 0 aromatic carbocycles. The van der Waals surface area contributed by atoms with Gasteiger partial charge >= 0.3 is 0 Å². The average Bonchev–Trinajstić information content (AvgIpc) is 3.43. The van der Waals surface area contributed by atoms with E-state index in [1.165, 1.54) is 31.9 Å². The van der Waals surface area contributed by atoms with Gasteiger partial charge in [-0.1, -0.05) is 12.8 Å². The number of aromatic amines is 1. The number of rotatable bonds is 3. The minimum atomic E-state index is -0.296. The molecule has 152 valence electrons. The molecule has 4 heterocycles. The van der Waals surface area contributed by atoms with E-state index in [0.29, 0.717) is 43.6 Å². The summed E-state index contributed by atoms with van der Waals surface area (Å²) in [7, 11) is 0. The fraction of sp³-hybridized carbons (Fsp3) is 0.800. The number of hydrogen-bond acceptors (Lipinski definition) is 5. The number of ether oxygens (including phenoxy) is 1. The number of amides is 2. The van der Waals surface area contributed by atoms with Gasteiger partial charge in [-0.25, -0.2) is 0 Å². The van der Waals surface area contributed by atoms with Gasteiger partial charge in [0.1, 0.15) is 0 Å². The summed E-state index contributed by atoms with van der Waals surface area (Å²) in [5, 5.41) is 10.3. The van der Waals surface area contributed by atoms with Crippen molar-refractivity contribution < 1.29 is 14.3 Å². The van der Waals surface area contributed by atoms with Crippen molar-refractivity contribution in [3.8, 4) is 0 Å². The van der Waals surface area contributed by atoms with Crippen LogP contribution in [0.15, 0.2) is 6.20 Å². The predicted octanol–water partition coefficient (Wildman–Crippen LogP) is 1.75. The third kappa shape index (κ3) is 3.21. The van der Waals surface area contributed by atoms with Crippen LogP contribution in [-0.4, -0.2) is 74.4 Å². The van der Waals surface area contributed by atoms with Crippen molar-refractivity contribution in [3.05, 3.63) is 11.9 Å². The van der Waals surface area contributed by atoms with Crippen molar-refractivity contribution in [1.29, 1.82) is 0 Å². The highest BCUT2D eigenvalue weighted by molar-refractivity contribution is 5.92. The summed E-state index contributed by atoms with van der Waals surface area (Å²) < 4.78 is 6.29. The standard InChI is InChI=1S/C20H29N5O3/c26-18(9-14-3-1-2-4-14)24-7-8-28-20(13-24)10-15-5-6-16(11-20)25(15)19(27)17-12-21-23-22-17/h12,14-16H,1-11,13H2,(H,21,22,23)/t15-,16+,20?. The highest BCUT2D eigenvalue weighted by Gasteiger charge is 2.53. The minimum Gasteiger partial charge on any atom is -0.371 e. The highest BCUT2D eigenvalue weighted by atomic mass is 16.5. The van der Waals surface area contributed by atoms with Crippen LogP contribution in [0.5, 0.6) is 0 Å². The number of hydrogen-bond donors (Lipinski definition) is 1. The largest absolute Gasteiger partial charge is 0.371 e. The zero-order valence-corrected chi connectivity index (χ0v) is 16.3. The molecule has 3 aliphatic heterocycles. The zero-order valence-electron chi connectivity index (χ0n) is 16.3. The van der Waals surface area contributed by atoms with Gasteiger partial charge in [-0.15, -0.1) is 0 Å². The molecule has 4 fully saturated rings. The molecule has 4 aliphatic rings. The van der Waals surface area contributed by atoms with E-state index in [1.54, 1.807) is 0 Å². The summed E-state index contributed by atoms with van der Waals surface area (Å²) in [6.45, 7) is 1.98. The van der Waals surface area contributed by atoms with Crippen LogP contribution >= 0.6 is 0 Å². The molecular weight excluding hydrogens is 358 g/mol. The second-order valence-corrected chi connectivity index (χ2v) is 9.06. The van der Waals surface area contributed by atoms with Gasteiger partial charge in [0.05, 0.1) is 18.4 Å². The Bertz CT molecular complexity index is 716. The molecule has 1 aromatic heterocycles. The zero-order chi connectivity index (χ0) is 19.1. The summed E-state index contributed by atoms with van der Waals surface area (Å²) in [6.07, 6.45) is 10.7. The Balaban J connectivity index is 1.26. The lowest BCUT2D eigenvalue weighted by atomic mass is 9.84. The number of morpholine rings is 1. The van der Waals surface area contributed by atoms with Crippen molar-refractivity contribution >= 4 is 11.8 Å². The number of aromatic nitrogens is 3. The number of H-pyrrole nitrogens is 1. The molecule has 8 heteroatoms. The first-order chi connectivity index (χ1) is 13.6. The van der Waals surface area contributed by atoms with Crippen LogP contribution in [0.25, 0.3) is 0 Å². The molecule has 1 saturated carbocycles. The van der Waals surface area contributed by atoms with Crippen molar-refractivity contribution in [1.82, 2.24) is 25.2 Å². The van der Waals surface area contributed by atoms with Gasteiger partial charge in [-0.2, -0.15) is 15.4 Å². The smallest absolute Gasteiger partial charge is 0.276 e. The fourth-order valence-corrected chi connectivity index (χ4v) is 5.97. The first-order valence-corrected chi connectivity index (χ1v) is 10.7. The second kappa shape index (κ2) is 7.13. The molecule has 3 atom stereocenters. The highest BCUT2D eigenvalue weighted by Crippen LogP contribution is 2.44. The van der Waals surface area contributed by atoms with Gasteiger partial charge in [0.15, 0.2) is 5.69 Å². The van der Waals surface area contributed by atoms with E-state index in [9.17, 15) is 9.59 Å². The Labute approximate surface area is 165 Å². The Morgan fingerprint density at radius 1 is 1.18 bits per heavy atom. The van der Waals surface area contributed by atoms with E-state index in [1.807, 2.05) is 9.80 Å². The molecular formula is C20H29N5O3. The number of piperidine rings is 1. The van der Waals surface area contributed by atoms with E-state index in [0.717, 1.165) is 25.7 Å². The fourth-order valence-electron chi connectivity index (χ4n) is 5.97.